The SMILES string of the molecule is COCc1cc(F)c(-c2nc(C(=O)Nc3cnc4c(c3N3C[C@H](C)C[C@H](NC(=O)O)C3)CCC4O)ccc2F)c(F)c1. The Bertz CT molecular complexity index is 1510. The lowest BCUT2D eigenvalue weighted by Gasteiger charge is -2.39. The number of carbonyl (C=O) groups excluding carboxylic acids is 1. The number of hydrogen-bond acceptors (Lipinski definition) is 7. The lowest BCUT2D eigenvalue weighted by atomic mass is 9.94. The van der Waals surface area contributed by atoms with Crippen molar-refractivity contribution in [1.82, 2.24) is 15.3 Å². The number of fused-ring (bicyclic) bond motifs is 1. The number of carboxylic acid groups (broad SMARTS) is 1. The zero-order valence-electron chi connectivity index (χ0n) is 23.0. The molecule has 0 spiro atoms. The van der Waals surface area contributed by atoms with Gasteiger partial charge in [0.05, 0.1) is 41.5 Å². The Labute approximate surface area is 239 Å². The van der Waals surface area contributed by atoms with Gasteiger partial charge in [-0.25, -0.2) is 22.9 Å². The molecule has 0 saturated carbocycles. The summed E-state index contributed by atoms with van der Waals surface area (Å²) in [4.78, 5) is 35.0. The lowest BCUT2D eigenvalue weighted by molar-refractivity contribution is 0.102. The molecule has 2 aromatic heterocycles. The maximum absolute atomic E-state index is 14.9. The van der Waals surface area contributed by atoms with Gasteiger partial charge in [0.25, 0.3) is 5.91 Å². The van der Waals surface area contributed by atoms with E-state index in [2.05, 4.69) is 20.6 Å². The van der Waals surface area contributed by atoms with Crippen LogP contribution in [0.5, 0.6) is 0 Å². The number of carbonyl (C=O) groups is 2. The van der Waals surface area contributed by atoms with Gasteiger partial charge in [-0.15, -0.1) is 0 Å². The standard InChI is InChI=1S/C29H30F3N5O5/c1-14-7-16(34-29(40)41)12-37(11-14)27-17-3-6-23(38)25(17)33-10-22(27)36-28(39)21-5-4-18(30)26(35-21)24-19(31)8-15(13-42-2)9-20(24)32/h4-5,8-10,14,16,23,34,38H,3,6-7,11-13H2,1-2H3,(H,36,39)(H,40,41)/t14-,16+,23?/m1/s1. The summed E-state index contributed by atoms with van der Waals surface area (Å²) in [6.07, 6.45) is 1.04. The predicted octanol–water partition coefficient (Wildman–Crippen LogP) is 4.42. The van der Waals surface area contributed by atoms with Gasteiger partial charge in [0.2, 0.25) is 0 Å². The number of nitrogens with one attached hydrogen (secondary N) is 2. The minimum absolute atomic E-state index is 0.0520. The minimum Gasteiger partial charge on any atom is -0.465 e. The van der Waals surface area contributed by atoms with Crippen molar-refractivity contribution in [3.8, 4) is 11.3 Å². The number of aliphatic hydroxyl groups is 1. The number of nitrogens with zero attached hydrogens (tertiary/aromatic N) is 3. The number of aromatic nitrogens is 2. The number of aliphatic hydroxyl groups excluding tert-OH is 1. The van der Waals surface area contributed by atoms with E-state index in [1.54, 1.807) is 0 Å². The molecule has 3 aromatic rings. The van der Waals surface area contributed by atoms with E-state index in [0.717, 1.165) is 29.8 Å². The van der Waals surface area contributed by atoms with Gasteiger partial charge in [0.1, 0.15) is 28.8 Å². The maximum atomic E-state index is 14.9. The number of benzene rings is 1. The number of methoxy groups -OCH3 is 1. The summed E-state index contributed by atoms with van der Waals surface area (Å²) < 4.78 is 49.4. The number of halogens is 3. The topological polar surface area (TPSA) is 137 Å². The number of pyridine rings is 2. The summed E-state index contributed by atoms with van der Waals surface area (Å²) in [5, 5.41) is 25.0. The minimum atomic E-state index is -1.14. The molecule has 1 aliphatic heterocycles. The Hall–Kier alpha value is -4.23. The maximum Gasteiger partial charge on any atom is 0.404 e. The monoisotopic (exact) mass is 585 g/mol. The first-order valence-electron chi connectivity index (χ1n) is 13.4. The van der Waals surface area contributed by atoms with E-state index in [1.165, 1.54) is 13.3 Å². The molecule has 1 saturated heterocycles. The summed E-state index contributed by atoms with van der Waals surface area (Å²) in [6.45, 7) is 2.82. The second-order valence-corrected chi connectivity index (χ2v) is 10.7. The van der Waals surface area contributed by atoms with Crippen molar-refractivity contribution >= 4 is 23.4 Å². The summed E-state index contributed by atoms with van der Waals surface area (Å²) in [5.74, 6) is -3.80. The van der Waals surface area contributed by atoms with Gasteiger partial charge < -0.3 is 30.5 Å². The Morgan fingerprint density at radius 1 is 1.14 bits per heavy atom. The zero-order chi connectivity index (χ0) is 30.1. The molecular formula is C29H30F3N5O5. The fourth-order valence-corrected chi connectivity index (χ4v) is 5.81. The number of anilines is 2. The normalized spacial score (nSPS) is 19.9. The highest BCUT2D eigenvalue weighted by Gasteiger charge is 2.34. The van der Waals surface area contributed by atoms with Crippen molar-refractivity contribution in [2.75, 3.05) is 30.4 Å². The molecule has 1 aliphatic carbocycles. The number of piperidine rings is 1. The second-order valence-electron chi connectivity index (χ2n) is 10.7. The predicted molar refractivity (Wildman–Crippen MR) is 147 cm³/mol. The summed E-state index contributed by atoms with van der Waals surface area (Å²) in [6, 6.07) is 3.67. The molecule has 13 heteroatoms. The highest BCUT2D eigenvalue weighted by molar-refractivity contribution is 6.05. The van der Waals surface area contributed by atoms with Crippen LogP contribution in [-0.4, -0.2) is 58.4 Å². The molecule has 2 amide bonds. The van der Waals surface area contributed by atoms with Crippen LogP contribution < -0.4 is 15.5 Å². The van der Waals surface area contributed by atoms with Gasteiger partial charge in [0.15, 0.2) is 0 Å². The van der Waals surface area contributed by atoms with Crippen LogP contribution in [0.25, 0.3) is 11.3 Å². The van der Waals surface area contributed by atoms with Crippen molar-refractivity contribution in [3.05, 3.63) is 70.4 Å². The highest BCUT2D eigenvalue weighted by Crippen LogP contribution is 2.42. The Kier molecular flexibility index (Phi) is 8.32. The van der Waals surface area contributed by atoms with Gasteiger partial charge in [-0.3, -0.25) is 9.78 Å². The lowest BCUT2D eigenvalue weighted by Crippen LogP contribution is -2.50. The average Bonchev–Trinajstić information content (AvgIpc) is 3.29. The molecule has 4 N–H and O–H groups in total. The first-order chi connectivity index (χ1) is 20.0. The van der Waals surface area contributed by atoms with Crippen LogP contribution in [0.1, 0.15) is 53.2 Å². The van der Waals surface area contributed by atoms with Crippen LogP contribution in [0.2, 0.25) is 0 Å². The quantitative estimate of drug-likeness (QED) is 0.320. The molecule has 3 atom stereocenters. The summed E-state index contributed by atoms with van der Waals surface area (Å²) >= 11 is 0. The molecule has 1 fully saturated rings. The molecule has 0 radical (unpaired) electrons. The molecule has 2 aliphatic rings. The van der Waals surface area contributed by atoms with Crippen molar-refractivity contribution in [2.45, 2.75) is 44.9 Å². The first-order valence-corrected chi connectivity index (χ1v) is 13.4. The van der Waals surface area contributed by atoms with Crippen LogP contribution in [0, 0.1) is 23.4 Å². The van der Waals surface area contributed by atoms with Crippen molar-refractivity contribution in [2.24, 2.45) is 5.92 Å². The van der Waals surface area contributed by atoms with Gasteiger partial charge in [-0.2, -0.15) is 0 Å². The van der Waals surface area contributed by atoms with Crippen LogP contribution in [-0.2, 0) is 17.8 Å². The van der Waals surface area contributed by atoms with E-state index in [4.69, 9.17) is 4.74 Å². The fraction of sp³-hybridized carbons (Fsp3) is 0.379. The van der Waals surface area contributed by atoms with Crippen LogP contribution in [0.15, 0.2) is 30.5 Å². The highest BCUT2D eigenvalue weighted by atomic mass is 19.1. The fourth-order valence-electron chi connectivity index (χ4n) is 5.81. The van der Waals surface area contributed by atoms with Crippen LogP contribution in [0.3, 0.4) is 0 Å². The number of rotatable bonds is 7. The molecule has 3 heterocycles. The number of amides is 2. The smallest absolute Gasteiger partial charge is 0.404 e. The van der Waals surface area contributed by atoms with E-state index < -0.39 is 46.8 Å². The zero-order valence-corrected chi connectivity index (χ0v) is 23.0. The van der Waals surface area contributed by atoms with E-state index in [9.17, 15) is 33.0 Å². The van der Waals surface area contributed by atoms with E-state index in [-0.39, 0.29) is 35.5 Å². The Balaban J connectivity index is 1.49. The molecule has 42 heavy (non-hydrogen) atoms. The van der Waals surface area contributed by atoms with Crippen molar-refractivity contribution in [3.63, 3.8) is 0 Å². The average molecular weight is 586 g/mol. The first kappa shape index (κ1) is 29.3. The third-order valence-corrected chi connectivity index (χ3v) is 7.45. The van der Waals surface area contributed by atoms with Gasteiger partial charge >= 0.3 is 6.09 Å². The van der Waals surface area contributed by atoms with E-state index >= 15 is 0 Å². The Morgan fingerprint density at radius 2 is 1.88 bits per heavy atom. The molecule has 0 bridgehead atoms. The molecule has 1 unspecified atom stereocenters. The van der Waals surface area contributed by atoms with E-state index in [1.807, 2.05) is 11.8 Å². The molecular weight excluding hydrogens is 555 g/mol. The van der Waals surface area contributed by atoms with Gasteiger partial charge in [0, 0.05) is 31.8 Å². The van der Waals surface area contributed by atoms with Crippen molar-refractivity contribution in [1.29, 1.82) is 0 Å². The largest absolute Gasteiger partial charge is 0.465 e. The van der Waals surface area contributed by atoms with Gasteiger partial charge in [-0.05, 0) is 55.0 Å². The second kappa shape index (κ2) is 11.9. The Morgan fingerprint density at radius 3 is 2.57 bits per heavy atom. The third kappa shape index (κ3) is 5.88. The molecule has 222 valence electrons. The van der Waals surface area contributed by atoms with Crippen LogP contribution >= 0.6 is 0 Å². The van der Waals surface area contributed by atoms with E-state index in [0.29, 0.717) is 43.7 Å². The third-order valence-electron chi connectivity index (χ3n) is 7.45. The van der Waals surface area contributed by atoms with Gasteiger partial charge in [-0.1, -0.05) is 6.92 Å². The number of hydrogen-bond donors (Lipinski definition) is 4. The van der Waals surface area contributed by atoms with Crippen LogP contribution in [0.4, 0.5) is 29.3 Å². The van der Waals surface area contributed by atoms with Crippen molar-refractivity contribution < 1.29 is 37.7 Å². The summed E-state index contributed by atoms with van der Waals surface area (Å²) in [7, 11) is 1.37. The molecule has 1 aromatic carbocycles. The number of ether oxygens (including phenoxy) is 1. The molecule has 5 rings (SSSR count). The summed E-state index contributed by atoms with van der Waals surface area (Å²) in [5.41, 5.74) is 0.632. The molecule has 10 nitrogen and oxygen atoms in total.